The highest BCUT2D eigenvalue weighted by Gasteiger charge is 2.19. The van der Waals surface area contributed by atoms with Gasteiger partial charge in [0, 0.05) is 29.9 Å². The zero-order valence-electron chi connectivity index (χ0n) is 12.3. The van der Waals surface area contributed by atoms with Crippen molar-refractivity contribution in [2.24, 2.45) is 0 Å². The molecule has 1 aliphatic carbocycles. The molecule has 2 rings (SSSR count). The largest absolute Gasteiger partial charge is 0.308 e. The summed E-state index contributed by atoms with van der Waals surface area (Å²) in [6, 6.07) is 0.527. The van der Waals surface area contributed by atoms with Crippen molar-refractivity contribution < 1.29 is 4.92 Å². The zero-order valence-corrected chi connectivity index (χ0v) is 12.3. The number of aryl methyl sites for hydroxylation is 1. The van der Waals surface area contributed by atoms with E-state index in [0.717, 1.165) is 5.69 Å². The molecule has 0 spiro atoms. The predicted octanol–water partition coefficient (Wildman–Crippen LogP) is 3.42. The first kappa shape index (κ1) is 14.9. The average molecular weight is 277 g/mol. The van der Waals surface area contributed by atoms with Crippen LogP contribution in [0.25, 0.3) is 0 Å². The molecule has 1 aromatic heterocycles. The van der Waals surface area contributed by atoms with E-state index in [9.17, 15) is 10.1 Å². The monoisotopic (exact) mass is 277 g/mol. The third-order valence-corrected chi connectivity index (χ3v) is 4.17. The Morgan fingerprint density at radius 1 is 1.30 bits per heavy atom. The molecule has 0 radical (unpaired) electrons. The number of hydrogen-bond donors (Lipinski definition) is 1. The molecule has 0 amide bonds. The number of nitrogens with zero attached hydrogens (tertiary/aromatic N) is 2. The number of nitro groups is 1. The molecule has 1 aromatic rings. The van der Waals surface area contributed by atoms with Crippen LogP contribution < -0.4 is 5.32 Å². The number of hydrogen-bond acceptors (Lipinski definition) is 4. The summed E-state index contributed by atoms with van der Waals surface area (Å²) < 4.78 is 0. The van der Waals surface area contributed by atoms with Crippen LogP contribution in [0.1, 0.15) is 55.3 Å². The third kappa shape index (κ3) is 3.54. The average Bonchev–Trinajstić information content (AvgIpc) is 2.66. The quantitative estimate of drug-likeness (QED) is 0.520. The molecule has 1 N–H and O–H groups in total. The maximum atomic E-state index is 11.1. The second kappa shape index (κ2) is 6.79. The number of aromatic nitrogens is 1. The summed E-state index contributed by atoms with van der Waals surface area (Å²) in [6.45, 7) is 4.15. The zero-order chi connectivity index (χ0) is 14.5. The van der Waals surface area contributed by atoms with Gasteiger partial charge < -0.3 is 5.32 Å². The van der Waals surface area contributed by atoms with Crippen LogP contribution >= 0.6 is 0 Å². The molecule has 110 valence electrons. The predicted molar refractivity (Wildman–Crippen MR) is 78.7 cm³/mol. The molecule has 5 nitrogen and oxygen atoms in total. The first-order valence-corrected chi connectivity index (χ1v) is 7.42. The summed E-state index contributed by atoms with van der Waals surface area (Å²) in [5.74, 6) is 0. The van der Waals surface area contributed by atoms with Crippen LogP contribution in [0.15, 0.2) is 6.20 Å². The van der Waals surface area contributed by atoms with E-state index in [1.807, 2.05) is 0 Å². The van der Waals surface area contributed by atoms with Gasteiger partial charge in [0.1, 0.15) is 0 Å². The van der Waals surface area contributed by atoms with Gasteiger partial charge >= 0.3 is 0 Å². The van der Waals surface area contributed by atoms with E-state index >= 15 is 0 Å². The standard InChI is InChI=1S/C15H23N3O2/c1-11-9-17-14(12(2)15(11)18(19)20)10-16-13-7-5-3-4-6-8-13/h9,13,16H,3-8,10H2,1-2H3. The minimum Gasteiger partial charge on any atom is -0.308 e. The third-order valence-electron chi connectivity index (χ3n) is 4.17. The molecule has 1 saturated carbocycles. The molecule has 5 heteroatoms. The molecule has 0 atom stereocenters. The van der Waals surface area contributed by atoms with Crippen LogP contribution in [0.3, 0.4) is 0 Å². The highest BCUT2D eigenvalue weighted by atomic mass is 16.6. The Kier molecular flexibility index (Phi) is 5.06. The first-order chi connectivity index (χ1) is 9.59. The summed E-state index contributed by atoms with van der Waals surface area (Å²) in [5, 5.41) is 14.6. The van der Waals surface area contributed by atoms with Gasteiger partial charge in [-0.15, -0.1) is 0 Å². The van der Waals surface area contributed by atoms with E-state index < -0.39 is 0 Å². The summed E-state index contributed by atoms with van der Waals surface area (Å²) >= 11 is 0. The highest BCUT2D eigenvalue weighted by Crippen LogP contribution is 2.24. The lowest BCUT2D eigenvalue weighted by atomic mass is 10.1. The van der Waals surface area contributed by atoms with Crippen LogP contribution in [0.4, 0.5) is 5.69 Å². The van der Waals surface area contributed by atoms with Gasteiger partial charge in [-0.25, -0.2) is 0 Å². The Bertz CT molecular complexity index is 480. The summed E-state index contributed by atoms with van der Waals surface area (Å²) in [4.78, 5) is 15.2. The van der Waals surface area contributed by atoms with E-state index in [1.54, 1.807) is 20.0 Å². The van der Waals surface area contributed by atoms with Crippen molar-refractivity contribution >= 4 is 5.69 Å². The summed E-state index contributed by atoms with van der Waals surface area (Å²) in [6.07, 6.45) is 9.21. The molecule has 0 unspecified atom stereocenters. The van der Waals surface area contributed by atoms with Crippen molar-refractivity contribution in [3.63, 3.8) is 0 Å². The van der Waals surface area contributed by atoms with Crippen LogP contribution in [0.5, 0.6) is 0 Å². The molecule has 0 aromatic carbocycles. The lowest BCUT2D eigenvalue weighted by Gasteiger charge is -2.16. The normalized spacial score (nSPS) is 16.9. The van der Waals surface area contributed by atoms with E-state index in [4.69, 9.17) is 0 Å². The topological polar surface area (TPSA) is 68.1 Å². The van der Waals surface area contributed by atoms with Crippen molar-refractivity contribution in [1.82, 2.24) is 10.3 Å². The second-order valence-corrected chi connectivity index (χ2v) is 5.69. The molecule has 0 aliphatic heterocycles. The first-order valence-electron chi connectivity index (χ1n) is 7.42. The molecule has 0 saturated heterocycles. The van der Waals surface area contributed by atoms with E-state index in [-0.39, 0.29) is 10.6 Å². The number of pyridine rings is 1. The van der Waals surface area contributed by atoms with E-state index in [0.29, 0.717) is 23.7 Å². The Balaban J connectivity index is 2.06. The van der Waals surface area contributed by atoms with Crippen LogP contribution in [-0.4, -0.2) is 15.9 Å². The summed E-state index contributed by atoms with van der Waals surface area (Å²) in [7, 11) is 0. The van der Waals surface area contributed by atoms with Crippen LogP contribution in [0, 0.1) is 24.0 Å². The minimum absolute atomic E-state index is 0.206. The van der Waals surface area contributed by atoms with Crippen molar-refractivity contribution in [2.45, 2.75) is 65.0 Å². The lowest BCUT2D eigenvalue weighted by molar-refractivity contribution is -0.386. The van der Waals surface area contributed by atoms with Gasteiger partial charge in [0.05, 0.1) is 10.6 Å². The van der Waals surface area contributed by atoms with Crippen molar-refractivity contribution in [3.05, 3.63) is 33.1 Å². The van der Waals surface area contributed by atoms with Gasteiger partial charge in [-0.2, -0.15) is 0 Å². The van der Waals surface area contributed by atoms with Crippen molar-refractivity contribution in [2.75, 3.05) is 0 Å². The Morgan fingerprint density at radius 3 is 2.55 bits per heavy atom. The van der Waals surface area contributed by atoms with Gasteiger partial charge in [0.15, 0.2) is 0 Å². The number of nitrogens with one attached hydrogen (secondary N) is 1. The van der Waals surface area contributed by atoms with Crippen molar-refractivity contribution in [1.29, 1.82) is 0 Å². The Morgan fingerprint density at radius 2 is 1.95 bits per heavy atom. The highest BCUT2D eigenvalue weighted by molar-refractivity contribution is 5.47. The Hall–Kier alpha value is -1.49. The molecule has 1 heterocycles. The molecule has 1 fully saturated rings. The summed E-state index contributed by atoms with van der Waals surface area (Å²) in [5.41, 5.74) is 2.33. The van der Waals surface area contributed by atoms with Gasteiger partial charge in [-0.05, 0) is 26.7 Å². The fraction of sp³-hybridized carbons (Fsp3) is 0.667. The van der Waals surface area contributed by atoms with E-state index in [1.165, 1.54) is 38.5 Å². The fourth-order valence-electron chi connectivity index (χ4n) is 2.95. The van der Waals surface area contributed by atoms with Gasteiger partial charge in [-0.1, -0.05) is 25.7 Å². The smallest absolute Gasteiger partial charge is 0.278 e. The van der Waals surface area contributed by atoms with Gasteiger partial charge in [0.2, 0.25) is 0 Å². The molecular weight excluding hydrogens is 254 g/mol. The van der Waals surface area contributed by atoms with E-state index in [2.05, 4.69) is 10.3 Å². The molecular formula is C15H23N3O2. The second-order valence-electron chi connectivity index (χ2n) is 5.69. The van der Waals surface area contributed by atoms with Crippen molar-refractivity contribution in [3.8, 4) is 0 Å². The van der Waals surface area contributed by atoms with Crippen LogP contribution in [-0.2, 0) is 6.54 Å². The van der Waals surface area contributed by atoms with Crippen LogP contribution in [0.2, 0.25) is 0 Å². The fourth-order valence-corrected chi connectivity index (χ4v) is 2.95. The molecule has 0 bridgehead atoms. The Labute approximate surface area is 119 Å². The maximum Gasteiger partial charge on any atom is 0.278 e. The van der Waals surface area contributed by atoms with Gasteiger partial charge in [-0.3, -0.25) is 15.1 Å². The van der Waals surface area contributed by atoms with Gasteiger partial charge in [0.25, 0.3) is 5.69 Å². The minimum atomic E-state index is -0.304. The molecule has 1 aliphatic rings. The molecule has 20 heavy (non-hydrogen) atoms. The SMILES string of the molecule is Cc1cnc(CNC2CCCCCC2)c(C)c1[N+](=O)[O-]. The number of rotatable bonds is 4. The maximum absolute atomic E-state index is 11.1. The lowest BCUT2D eigenvalue weighted by Crippen LogP contribution is -2.28.